The molecule has 2 heterocycles. The molecule has 0 radical (unpaired) electrons. The van der Waals surface area contributed by atoms with Gasteiger partial charge in [0.05, 0.1) is 6.10 Å². The topological polar surface area (TPSA) is 12.5 Å². The van der Waals surface area contributed by atoms with Crippen LogP contribution in [0, 0.1) is 6.92 Å². The molecule has 2 nitrogen and oxygen atoms in total. The number of aryl methyl sites for hydroxylation is 1. The maximum atomic E-state index is 6.53. The van der Waals surface area contributed by atoms with Crippen LogP contribution in [0.4, 0.5) is 5.69 Å². The van der Waals surface area contributed by atoms with E-state index in [1.54, 1.807) is 4.88 Å². The van der Waals surface area contributed by atoms with E-state index in [9.17, 15) is 0 Å². The van der Waals surface area contributed by atoms with E-state index in [2.05, 4.69) is 68.4 Å². The van der Waals surface area contributed by atoms with Crippen LogP contribution in [0.25, 0.3) is 6.08 Å². The number of hydrogen-bond donors (Lipinski definition) is 0. The standard InChI is InChI=1S/C22H27NOS/c1-15-14-19-21(13-10-16-8-11-17(12-9-16)23(2)3)24-20-7-5-4-6-18(20)22(19)25-15/h8-14,18,20-21H,4-7H2,1-3H3/b13-10+. The zero-order valence-electron chi connectivity index (χ0n) is 15.4. The molecule has 3 atom stereocenters. The Kier molecular flexibility index (Phi) is 4.70. The number of thiophene rings is 1. The molecule has 1 aromatic carbocycles. The van der Waals surface area contributed by atoms with Crippen molar-refractivity contribution in [3.63, 3.8) is 0 Å². The molecule has 0 bridgehead atoms. The van der Waals surface area contributed by atoms with Gasteiger partial charge in [-0.3, -0.25) is 0 Å². The van der Waals surface area contributed by atoms with Crippen LogP contribution in [0.5, 0.6) is 0 Å². The molecule has 1 fully saturated rings. The first-order valence-corrected chi connectivity index (χ1v) is 10.1. The molecule has 1 saturated carbocycles. The van der Waals surface area contributed by atoms with E-state index in [0.29, 0.717) is 12.0 Å². The Morgan fingerprint density at radius 3 is 2.64 bits per heavy atom. The number of rotatable bonds is 3. The number of nitrogens with zero attached hydrogens (tertiary/aromatic N) is 1. The van der Waals surface area contributed by atoms with E-state index in [4.69, 9.17) is 4.74 Å². The summed E-state index contributed by atoms with van der Waals surface area (Å²) in [6, 6.07) is 11.0. The van der Waals surface area contributed by atoms with Crippen molar-refractivity contribution < 1.29 is 4.74 Å². The summed E-state index contributed by atoms with van der Waals surface area (Å²) in [4.78, 5) is 5.13. The van der Waals surface area contributed by atoms with E-state index >= 15 is 0 Å². The minimum absolute atomic E-state index is 0.104. The van der Waals surface area contributed by atoms with Crippen molar-refractivity contribution >= 4 is 23.1 Å². The van der Waals surface area contributed by atoms with Crippen LogP contribution < -0.4 is 4.90 Å². The molecule has 3 unspecified atom stereocenters. The molecule has 3 heteroatoms. The molecular formula is C22H27NOS. The van der Waals surface area contributed by atoms with Gasteiger partial charge in [0.15, 0.2) is 0 Å². The highest BCUT2D eigenvalue weighted by atomic mass is 32.1. The van der Waals surface area contributed by atoms with Crippen molar-refractivity contribution in [2.24, 2.45) is 0 Å². The van der Waals surface area contributed by atoms with Crippen LogP contribution in [-0.4, -0.2) is 20.2 Å². The smallest absolute Gasteiger partial charge is 0.102 e. The van der Waals surface area contributed by atoms with Gasteiger partial charge in [0.2, 0.25) is 0 Å². The molecule has 25 heavy (non-hydrogen) atoms. The summed E-state index contributed by atoms with van der Waals surface area (Å²) in [5, 5.41) is 0. The van der Waals surface area contributed by atoms with Crippen molar-refractivity contribution in [3.8, 4) is 0 Å². The summed E-state index contributed by atoms with van der Waals surface area (Å²) in [5.41, 5.74) is 3.87. The monoisotopic (exact) mass is 353 g/mol. The van der Waals surface area contributed by atoms with E-state index in [1.807, 2.05) is 11.3 Å². The van der Waals surface area contributed by atoms with Crippen molar-refractivity contribution in [3.05, 3.63) is 57.3 Å². The molecular weight excluding hydrogens is 326 g/mol. The zero-order chi connectivity index (χ0) is 17.4. The van der Waals surface area contributed by atoms with Crippen molar-refractivity contribution in [1.29, 1.82) is 0 Å². The minimum Gasteiger partial charge on any atom is -0.378 e. The molecule has 2 aromatic rings. The summed E-state index contributed by atoms with van der Waals surface area (Å²) < 4.78 is 6.53. The number of hydrogen-bond acceptors (Lipinski definition) is 3. The molecule has 0 spiro atoms. The van der Waals surface area contributed by atoms with Gasteiger partial charge < -0.3 is 9.64 Å². The molecule has 132 valence electrons. The molecule has 1 aliphatic carbocycles. The lowest BCUT2D eigenvalue weighted by Crippen LogP contribution is -2.31. The van der Waals surface area contributed by atoms with Crippen molar-refractivity contribution in [2.45, 2.75) is 50.7 Å². The summed E-state index contributed by atoms with van der Waals surface area (Å²) in [7, 11) is 4.14. The maximum Gasteiger partial charge on any atom is 0.102 e. The average Bonchev–Trinajstić information content (AvgIpc) is 3.02. The summed E-state index contributed by atoms with van der Waals surface area (Å²) in [6.07, 6.45) is 10.1. The Balaban J connectivity index is 1.59. The highest BCUT2D eigenvalue weighted by molar-refractivity contribution is 7.12. The second-order valence-electron chi connectivity index (χ2n) is 7.51. The Labute approximate surface area is 155 Å². The third kappa shape index (κ3) is 3.40. The van der Waals surface area contributed by atoms with Crippen LogP contribution in [0.15, 0.2) is 36.4 Å². The quantitative estimate of drug-likeness (QED) is 0.678. The van der Waals surface area contributed by atoms with E-state index in [1.165, 1.54) is 47.4 Å². The second kappa shape index (κ2) is 6.97. The Bertz CT molecular complexity index is 759. The Morgan fingerprint density at radius 2 is 1.88 bits per heavy atom. The summed E-state index contributed by atoms with van der Waals surface area (Å²) >= 11 is 1.99. The summed E-state index contributed by atoms with van der Waals surface area (Å²) in [5.74, 6) is 0.631. The fourth-order valence-electron chi connectivity index (χ4n) is 4.12. The molecule has 1 aromatic heterocycles. The van der Waals surface area contributed by atoms with Gasteiger partial charge in [0, 0.05) is 35.5 Å². The normalized spacial score (nSPS) is 25.6. The molecule has 2 aliphatic rings. The van der Waals surface area contributed by atoms with Crippen molar-refractivity contribution in [2.75, 3.05) is 19.0 Å². The third-order valence-electron chi connectivity index (χ3n) is 5.45. The van der Waals surface area contributed by atoms with Gasteiger partial charge in [-0.1, -0.05) is 37.1 Å². The largest absolute Gasteiger partial charge is 0.378 e. The molecule has 0 N–H and O–H groups in total. The SMILES string of the molecule is Cc1cc2c(s1)C1CCCCC1OC2/C=C/c1ccc(N(C)C)cc1. The van der Waals surface area contributed by atoms with Crippen molar-refractivity contribution in [1.82, 2.24) is 0 Å². The first-order valence-electron chi connectivity index (χ1n) is 9.33. The highest BCUT2D eigenvalue weighted by Gasteiger charge is 2.37. The van der Waals surface area contributed by atoms with Gasteiger partial charge in [-0.15, -0.1) is 11.3 Å². The first kappa shape index (κ1) is 16.9. The van der Waals surface area contributed by atoms with Crippen LogP contribution in [0.3, 0.4) is 0 Å². The van der Waals surface area contributed by atoms with Gasteiger partial charge >= 0.3 is 0 Å². The third-order valence-corrected chi connectivity index (χ3v) is 6.65. The first-order chi connectivity index (χ1) is 12.1. The lowest BCUT2D eigenvalue weighted by atomic mass is 9.81. The Morgan fingerprint density at radius 1 is 1.12 bits per heavy atom. The van der Waals surface area contributed by atoms with Crippen LogP contribution in [-0.2, 0) is 4.74 Å². The molecule has 1 aliphatic heterocycles. The van der Waals surface area contributed by atoms with Gasteiger partial charge in [0.25, 0.3) is 0 Å². The lowest BCUT2D eigenvalue weighted by Gasteiger charge is -2.38. The van der Waals surface area contributed by atoms with Gasteiger partial charge in [-0.25, -0.2) is 0 Å². The van der Waals surface area contributed by atoms with Crippen LogP contribution in [0.2, 0.25) is 0 Å². The average molecular weight is 354 g/mol. The molecule has 0 amide bonds. The number of ether oxygens (including phenoxy) is 1. The van der Waals surface area contributed by atoms with Gasteiger partial charge in [0.1, 0.15) is 6.10 Å². The number of anilines is 1. The van der Waals surface area contributed by atoms with E-state index in [-0.39, 0.29) is 6.10 Å². The second-order valence-corrected chi connectivity index (χ2v) is 8.80. The van der Waals surface area contributed by atoms with Crippen LogP contribution in [0.1, 0.15) is 58.6 Å². The van der Waals surface area contributed by atoms with Crippen LogP contribution >= 0.6 is 11.3 Å². The van der Waals surface area contributed by atoms with E-state index in [0.717, 1.165) is 0 Å². The fraction of sp³-hybridized carbons (Fsp3) is 0.455. The minimum atomic E-state index is 0.104. The van der Waals surface area contributed by atoms with Gasteiger partial charge in [-0.2, -0.15) is 0 Å². The lowest BCUT2D eigenvalue weighted by molar-refractivity contribution is -0.0337. The number of benzene rings is 1. The molecule has 0 saturated heterocycles. The summed E-state index contributed by atoms with van der Waals surface area (Å²) in [6.45, 7) is 2.22. The molecule has 4 rings (SSSR count). The highest BCUT2D eigenvalue weighted by Crippen LogP contribution is 2.48. The Hall–Kier alpha value is -1.58. The fourth-order valence-corrected chi connectivity index (χ4v) is 5.36. The predicted octanol–water partition coefficient (Wildman–Crippen LogP) is 5.93. The predicted molar refractivity (Wildman–Crippen MR) is 108 cm³/mol. The maximum absolute atomic E-state index is 6.53. The number of fused-ring (bicyclic) bond motifs is 3. The van der Waals surface area contributed by atoms with E-state index < -0.39 is 0 Å². The van der Waals surface area contributed by atoms with Gasteiger partial charge in [-0.05, 0) is 49.1 Å². The zero-order valence-corrected chi connectivity index (χ0v) is 16.2.